The Morgan fingerprint density at radius 2 is 2.62 bits per heavy atom. The molecule has 0 saturated carbocycles. The van der Waals surface area contributed by atoms with Crippen molar-refractivity contribution < 1.29 is 9.28 Å². The lowest BCUT2D eigenvalue weighted by molar-refractivity contribution is -0.141. The minimum absolute atomic E-state index is 0.0694. The van der Waals surface area contributed by atoms with Crippen molar-refractivity contribution in [3.8, 4) is 0 Å². The van der Waals surface area contributed by atoms with Crippen LogP contribution in [0.4, 0.5) is 4.48 Å². The molecule has 8 heavy (non-hydrogen) atoms. The maximum absolute atomic E-state index is 12.0. The molecule has 0 aliphatic carbocycles. The Hall–Kier alpha value is -0.290. The molecular weight excluding hydrogens is 131 g/mol. The monoisotopic (exact) mass is 136 g/mol. The maximum Gasteiger partial charge on any atom is 0.278 e. The SMILES string of the molecule is NC1SCN(F)C1=O. The van der Waals surface area contributed by atoms with Gasteiger partial charge in [0.05, 0.1) is 0 Å². The minimum atomic E-state index is -0.681. The highest BCUT2D eigenvalue weighted by atomic mass is 32.2. The largest absolute Gasteiger partial charge is 0.311 e. The van der Waals surface area contributed by atoms with Crippen molar-refractivity contribution in [3.05, 3.63) is 0 Å². The number of thioether (sulfide) groups is 1. The predicted molar refractivity (Wildman–Crippen MR) is 28.4 cm³/mol. The second kappa shape index (κ2) is 1.91. The molecule has 1 rings (SSSR count). The van der Waals surface area contributed by atoms with Crippen molar-refractivity contribution in [1.29, 1.82) is 0 Å². The number of nitrogens with two attached hydrogens (primary N) is 1. The molecular formula is C3H5FN2OS. The van der Waals surface area contributed by atoms with Crippen molar-refractivity contribution in [3.63, 3.8) is 0 Å². The van der Waals surface area contributed by atoms with Crippen LogP contribution < -0.4 is 5.73 Å². The summed E-state index contributed by atoms with van der Waals surface area (Å²) in [7, 11) is 0. The van der Waals surface area contributed by atoms with E-state index < -0.39 is 11.3 Å². The van der Waals surface area contributed by atoms with Crippen LogP contribution in [0.2, 0.25) is 0 Å². The molecule has 0 bridgehead atoms. The Morgan fingerprint density at radius 3 is 2.75 bits per heavy atom. The fraction of sp³-hybridized carbons (Fsp3) is 0.667. The second-order valence-electron chi connectivity index (χ2n) is 1.42. The molecule has 1 saturated heterocycles. The molecule has 5 heteroatoms. The Bertz CT molecular complexity index is 108. The lowest BCUT2D eigenvalue weighted by Crippen LogP contribution is -2.28. The number of nitrogens with zero attached hydrogens (tertiary/aromatic N) is 1. The Labute approximate surface area is 49.9 Å². The van der Waals surface area contributed by atoms with Crippen LogP contribution in [-0.2, 0) is 4.79 Å². The van der Waals surface area contributed by atoms with Crippen molar-refractivity contribution in [2.75, 3.05) is 5.88 Å². The Kier molecular flexibility index (Phi) is 1.39. The normalized spacial score (nSPS) is 29.5. The summed E-state index contributed by atoms with van der Waals surface area (Å²) in [6, 6.07) is 0. The van der Waals surface area contributed by atoms with Crippen LogP contribution in [0.15, 0.2) is 0 Å². The summed E-state index contributed by atoms with van der Waals surface area (Å²) in [5.41, 5.74) is 5.10. The van der Waals surface area contributed by atoms with Gasteiger partial charge >= 0.3 is 0 Å². The van der Waals surface area contributed by atoms with Gasteiger partial charge in [0.25, 0.3) is 5.91 Å². The van der Waals surface area contributed by atoms with Gasteiger partial charge in [-0.1, -0.05) is 4.48 Å². The molecule has 1 atom stereocenters. The standard InChI is InChI=1S/C3H5FN2OS/c4-6-1-8-2(5)3(6)7/h2H,1,5H2. The summed E-state index contributed by atoms with van der Waals surface area (Å²) in [6.45, 7) is 0. The van der Waals surface area contributed by atoms with Gasteiger partial charge in [-0.3, -0.25) is 4.79 Å². The van der Waals surface area contributed by atoms with Gasteiger partial charge in [-0.2, -0.15) is 5.12 Å². The second-order valence-corrected chi connectivity index (χ2v) is 2.52. The molecule has 1 aliphatic heterocycles. The number of halogens is 1. The Balaban J connectivity index is 2.57. The molecule has 0 aromatic carbocycles. The first-order chi connectivity index (χ1) is 3.72. The fourth-order valence-electron chi connectivity index (χ4n) is 0.419. The van der Waals surface area contributed by atoms with Crippen LogP contribution in [0.25, 0.3) is 0 Å². The van der Waals surface area contributed by atoms with Crippen LogP contribution in [0.3, 0.4) is 0 Å². The fourth-order valence-corrected chi connectivity index (χ4v) is 1.09. The van der Waals surface area contributed by atoms with Gasteiger partial charge in [-0.15, -0.1) is 11.8 Å². The van der Waals surface area contributed by atoms with Crippen molar-refractivity contribution in [1.82, 2.24) is 5.12 Å². The Morgan fingerprint density at radius 1 is 2.00 bits per heavy atom. The van der Waals surface area contributed by atoms with Gasteiger partial charge in [-0.05, 0) is 0 Å². The van der Waals surface area contributed by atoms with Crippen molar-refractivity contribution in [2.24, 2.45) is 5.73 Å². The van der Waals surface area contributed by atoms with Gasteiger partial charge in [-0.25, -0.2) is 0 Å². The van der Waals surface area contributed by atoms with E-state index in [0.29, 0.717) is 0 Å². The van der Waals surface area contributed by atoms with Gasteiger partial charge in [0.1, 0.15) is 11.3 Å². The van der Waals surface area contributed by atoms with E-state index in [0.717, 1.165) is 11.8 Å². The zero-order valence-corrected chi connectivity index (χ0v) is 4.82. The molecule has 0 spiro atoms. The zero-order valence-electron chi connectivity index (χ0n) is 4.00. The molecule has 1 fully saturated rings. The average Bonchev–Trinajstić information content (AvgIpc) is 1.98. The summed E-state index contributed by atoms with van der Waals surface area (Å²) >= 11 is 1.09. The van der Waals surface area contributed by atoms with Crippen LogP contribution in [0.5, 0.6) is 0 Å². The first-order valence-electron chi connectivity index (χ1n) is 2.06. The maximum atomic E-state index is 12.0. The molecule has 1 unspecified atom stereocenters. The van der Waals surface area contributed by atoms with Crippen molar-refractivity contribution in [2.45, 2.75) is 5.37 Å². The number of hydrogen-bond acceptors (Lipinski definition) is 3. The molecule has 0 aromatic rings. The highest BCUT2D eigenvalue weighted by Crippen LogP contribution is 2.19. The lowest BCUT2D eigenvalue weighted by atomic mass is 10.6. The number of rotatable bonds is 0. The van der Waals surface area contributed by atoms with Gasteiger partial charge < -0.3 is 5.73 Å². The summed E-state index contributed by atoms with van der Waals surface area (Å²) in [6.07, 6.45) is 0. The summed E-state index contributed by atoms with van der Waals surface area (Å²) in [5.74, 6) is -0.560. The molecule has 0 aromatic heterocycles. The zero-order chi connectivity index (χ0) is 6.15. The van der Waals surface area contributed by atoms with Gasteiger partial charge in [0.2, 0.25) is 0 Å². The van der Waals surface area contributed by atoms with E-state index in [1.165, 1.54) is 0 Å². The van der Waals surface area contributed by atoms with E-state index >= 15 is 0 Å². The first-order valence-corrected chi connectivity index (χ1v) is 3.11. The summed E-state index contributed by atoms with van der Waals surface area (Å²) < 4.78 is 12.0. The van der Waals surface area contributed by atoms with Crippen LogP contribution >= 0.6 is 11.8 Å². The average molecular weight is 136 g/mol. The molecule has 1 amide bonds. The number of hydrogen-bond donors (Lipinski definition) is 1. The van der Waals surface area contributed by atoms with E-state index in [1.807, 2.05) is 0 Å². The van der Waals surface area contributed by atoms with E-state index in [1.54, 1.807) is 0 Å². The van der Waals surface area contributed by atoms with Crippen LogP contribution in [0.1, 0.15) is 0 Å². The smallest absolute Gasteiger partial charge is 0.278 e. The number of carbonyl (C=O) groups is 1. The third-order valence-electron chi connectivity index (χ3n) is 0.850. The van der Waals surface area contributed by atoms with E-state index in [2.05, 4.69) is 0 Å². The van der Waals surface area contributed by atoms with E-state index in [-0.39, 0.29) is 11.0 Å². The molecule has 1 aliphatic rings. The third-order valence-corrected chi connectivity index (χ3v) is 1.79. The van der Waals surface area contributed by atoms with Gasteiger partial charge in [0.15, 0.2) is 0 Å². The topological polar surface area (TPSA) is 46.3 Å². The van der Waals surface area contributed by atoms with Crippen molar-refractivity contribution >= 4 is 17.7 Å². The third kappa shape index (κ3) is 0.784. The highest BCUT2D eigenvalue weighted by Gasteiger charge is 2.29. The van der Waals surface area contributed by atoms with Crippen LogP contribution in [-0.4, -0.2) is 22.3 Å². The quantitative estimate of drug-likeness (QED) is 0.464. The van der Waals surface area contributed by atoms with E-state index in [4.69, 9.17) is 5.73 Å². The van der Waals surface area contributed by atoms with Gasteiger partial charge in [0, 0.05) is 0 Å². The predicted octanol–water partition coefficient (Wildman–Crippen LogP) is -0.311. The number of amides is 1. The van der Waals surface area contributed by atoms with Crippen LogP contribution in [0, 0.1) is 0 Å². The molecule has 0 radical (unpaired) electrons. The van der Waals surface area contributed by atoms with E-state index in [9.17, 15) is 9.28 Å². The molecule has 3 nitrogen and oxygen atoms in total. The number of carbonyl (C=O) groups excluding carboxylic acids is 1. The highest BCUT2D eigenvalue weighted by molar-refractivity contribution is 8.00. The molecule has 2 N–H and O–H groups in total. The lowest BCUT2D eigenvalue weighted by Gasteiger charge is -1.97. The summed E-state index contributed by atoms with van der Waals surface area (Å²) in [4.78, 5) is 10.3. The minimum Gasteiger partial charge on any atom is -0.311 e. The summed E-state index contributed by atoms with van der Waals surface area (Å²) in [5, 5.41) is -0.560. The first kappa shape index (κ1) is 5.84. The molecule has 46 valence electrons. The molecule has 1 heterocycles.